The summed E-state index contributed by atoms with van der Waals surface area (Å²) in [6, 6.07) is 0. The molecule has 1 unspecified atom stereocenters. The van der Waals surface area contributed by atoms with E-state index in [-0.39, 0.29) is 6.54 Å². The Morgan fingerprint density at radius 1 is 1.38 bits per heavy atom. The standard InChI is InChI=1S/C8H16BF3N/c1-8-3-2-5-13(7-8)6-4-9(10,11)12/h8H,2-7H2,1H3/q-1. The molecule has 13 heavy (non-hydrogen) atoms. The van der Waals surface area contributed by atoms with Gasteiger partial charge in [-0.3, -0.25) is 0 Å². The van der Waals surface area contributed by atoms with Gasteiger partial charge in [-0.05, 0) is 31.8 Å². The number of piperidine rings is 1. The topological polar surface area (TPSA) is 3.24 Å². The zero-order valence-corrected chi connectivity index (χ0v) is 7.98. The van der Waals surface area contributed by atoms with E-state index in [2.05, 4.69) is 6.92 Å². The van der Waals surface area contributed by atoms with Crippen LogP contribution in [0.3, 0.4) is 0 Å². The minimum Gasteiger partial charge on any atom is -0.449 e. The van der Waals surface area contributed by atoms with Crippen LogP contribution in [0.25, 0.3) is 0 Å². The second-order valence-electron chi connectivity index (χ2n) is 4.05. The third kappa shape index (κ3) is 4.55. The van der Waals surface area contributed by atoms with E-state index in [1.54, 1.807) is 0 Å². The Morgan fingerprint density at radius 2 is 2.08 bits per heavy atom. The van der Waals surface area contributed by atoms with E-state index < -0.39 is 13.3 Å². The van der Waals surface area contributed by atoms with E-state index in [4.69, 9.17) is 0 Å². The second kappa shape index (κ2) is 4.35. The van der Waals surface area contributed by atoms with Gasteiger partial charge in [0.25, 0.3) is 0 Å². The predicted molar refractivity (Wildman–Crippen MR) is 48.7 cm³/mol. The Hall–Kier alpha value is -0.185. The van der Waals surface area contributed by atoms with Gasteiger partial charge >= 0.3 is 6.98 Å². The van der Waals surface area contributed by atoms with Gasteiger partial charge in [-0.1, -0.05) is 13.2 Å². The number of halogens is 3. The molecular weight excluding hydrogens is 178 g/mol. The molecule has 0 spiro atoms. The van der Waals surface area contributed by atoms with Crippen molar-refractivity contribution in [1.82, 2.24) is 4.90 Å². The molecular formula is C8H16BF3N-. The van der Waals surface area contributed by atoms with E-state index in [0.717, 1.165) is 25.9 Å². The number of likely N-dealkylation sites (tertiary alicyclic amines) is 1. The van der Waals surface area contributed by atoms with Gasteiger partial charge in [-0.25, -0.2) is 0 Å². The summed E-state index contributed by atoms with van der Waals surface area (Å²) in [7, 11) is 0. The molecule has 1 heterocycles. The van der Waals surface area contributed by atoms with Crippen molar-refractivity contribution in [2.24, 2.45) is 5.92 Å². The molecule has 1 atom stereocenters. The molecule has 1 fully saturated rings. The lowest BCUT2D eigenvalue weighted by atomic mass is 9.85. The van der Waals surface area contributed by atoms with Crippen molar-refractivity contribution >= 4 is 6.98 Å². The highest BCUT2D eigenvalue weighted by Crippen LogP contribution is 2.19. The monoisotopic (exact) mass is 194 g/mol. The minimum atomic E-state index is -4.59. The third-order valence-electron chi connectivity index (χ3n) is 2.51. The van der Waals surface area contributed by atoms with Crippen LogP contribution in [0.4, 0.5) is 12.9 Å². The summed E-state index contributed by atoms with van der Waals surface area (Å²) < 4.78 is 35.8. The Morgan fingerprint density at radius 3 is 2.62 bits per heavy atom. The van der Waals surface area contributed by atoms with Gasteiger partial charge in [0.1, 0.15) is 0 Å². The molecule has 5 heteroatoms. The largest absolute Gasteiger partial charge is 0.479 e. The van der Waals surface area contributed by atoms with E-state index in [1.807, 2.05) is 4.90 Å². The number of rotatable bonds is 3. The average molecular weight is 194 g/mol. The fourth-order valence-electron chi connectivity index (χ4n) is 1.82. The molecule has 0 radical (unpaired) electrons. The lowest BCUT2D eigenvalue weighted by Crippen LogP contribution is -2.37. The van der Waals surface area contributed by atoms with Gasteiger partial charge in [0, 0.05) is 6.54 Å². The molecule has 1 aliphatic heterocycles. The van der Waals surface area contributed by atoms with Crippen LogP contribution < -0.4 is 0 Å². The quantitative estimate of drug-likeness (QED) is 0.624. The molecule has 1 nitrogen and oxygen atoms in total. The van der Waals surface area contributed by atoms with Crippen LogP contribution in [-0.2, 0) is 0 Å². The molecule has 0 N–H and O–H groups in total. The van der Waals surface area contributed by atoms with Crippen LogP contribution in [-0.4, -0.2) is 31.5 Å². The first-order valence-electron chi connectivity index (χ1n) is 4.91. The Bertz CT molecular complexity index is 160. The van der Waals surface area contributed by atoms with Gasteiger partial charge in [-0.15, -0.1) is 0 Å². The Kier molecular flexibility index (Phi) is 3.65. The van der Waals surface area contributed by atoms with Gasteiger partial charge in [0.2, 0.25) is 0 Å². The molecule has 1 rings (SSSR count). The first kappa shape index (κ1) is 10.9. The first-order chi connectivity index (χ1) is 5.97. The van der Waals surface area contributed by atoms with Crippen LogP contribution in [0.2, 0.25) is 6.32 Å². The zero-order valence-electron chi connectivity index (χ0n) is 7.98. The van der Waals surface area contributed by atoms with Crippen molar-refractivity contribution in [3.63, 3.8) is 0 Å². The van der Waals surface area contributed by atoms with Crippen molar-refractivity contribution < 1.29 is 12.9 Å². The highest BCUT2D eigenvalue weighted by molar-refractivity contribution is 6.58. The summed E-state index contributed by atoms with van der Waals surface area (Å²) in [4.78, 5) is 1.93. The molecule has 0 bridgehead atoms. The van der Waals surface area contributed by atoms with Crippen molar-refractivity contribution in [3.05, 3.63) is 0 Å². The van der Waals surface area contributed by atoms with Crippen LogP contribution >= 0.6 is 0 Å². The van der Waals surface area contributed by atoms with Crippen molar-refractivity contribution in [2.45, 2.75) is 26.1 Å². The lowest BCUT2D eigenvalue weighted by Gasteiger charge is -2.32. The number of hydrogen-bond donors (Lipinski definition) is 0. The first-order valence-corrected chi connectivity index (χ1v) is 4.91. The van der Waals surface area contributed by atoms with Crippen molar-refractivity contribution in [2.75, 3.05) is 19.6 Å². The third-order valence-corrected chi connectivity index (χ3v) is 2.51. The molecule has 1 saturated heterocycles. The highest BCUT2D eigenvalue weighted by Gasteiger charge is 2.24. The van der Waals surface area contributed by atoms with E-state index >= 15 is 0 Å². The molecule has 0 aromatic heterocycles. The second-order valence-corrected chi connectivity index (χ2v) is 4.05. The average Bonchev–Trinajstić information content (AvgIpc) is 2.00. The summed E-state index contributed by atoms with van der Waals surface area (Å²) in [6.07, 6.45) is 1.60. The molecule has 0 amide bonds. The van der Waals surface area contributed by atoms with Crippen LogP contribution in [0.1, 0.15) is 19.8 Å². The maximum Gasteiger partial charge on any atom is 0.479 e. The fraction of sp³-hybridized carbons (Fsp3) is 1.00. The van der Waals surface area contributed by atoms with E-state index in [9.17, 15) is 12.9 Å². The normalized spacial score (nSPS) is 26.3. The summed E-state index contributed by atoms with van der Waals surface area (Å²) in [5.74, 6) is 0.564. The van der Waals surface area contributed by atoms with E-state index in [0.29, 0.717) is 5.92 Å². The number of hydrogen-bond acceptors (Lipinski definition) is 1. The number of nitrogens with zero attached hydrogens (tertiary/aromatic N) is 1. The predicted octanol–water partition coefficient (Wildman–Crippen LogP) is 2.57. The summed E-state index contributed by atoms with van der Waals surface area (Å²) in [6.45, 7) is -0.599. The van der Waals surface area contributed by atoms with Crippen LogP contribution in [0.15, 0.2) is 0 Å². The summed E-state index contributed by atoms with van der Waals surface area (Å²) in [5, 5.41) is 0. The zero-order chi connectivity index (χ0) is 9.90. The maximum absolute atomic E-state index is 11.9. The molecule has 0 saturated carbocycles. The molecule has 0 aliphatic carbocycles. The molecule has 1 aliphatic rings. The van der Waals surface area contributed by atoms with Crippen LogP contribution in [0.5, 0.6) is 0 Å². The smallest absolute Gasteiger partial charge is 0.449 e. The lowest BCUT2D eigenvalue weighted by molar-refractivity contribution is 0.188. The Balaban J connectivity index is 2.21. The highest BCUT2D eigenvalue weighted by atomic mass is 19.4. The SMILES string of the molecule is CC1CCCN(CC[B-](F)(F)F)C1. The van der Waals surface area contributed by atoms with Crippen molar-refractivity contribution in [3.8, 4) is 0 Å². The van der Waals surface area contributed by atoms with Gasteiger partial charge in [0.15, 0.2) is 0 Å². The summed E-state index contributed by atoms with van der Waals surface area (Å²) in [5.41, 5.74) is 0. The van der Waals surface area contributed by atoms with Gasteiger partial charge in [0.05, 0.1) is 0 Å². The molecule has 78 valence electrons. The van der Waals surface area contributed by atoms with E-state index in [1.165, 1.54) is 0 Å². The molecule has 0 aromatic carbocycles. The fourth-order valence-corrected chi connectivity index (χ4v) is 1.82. The Labute approximate surface area is 77.4 Å². The summed E-state index contributed by atoms with van der Waals surface area (Å²) >= 11 is 0. The van der Waals surface area contributed by atoms with Crippen molar-refractivity contribution in [1.29, 1.82) is 0 Å². The molecule has 0 aromatic rings. The maximum atomic E-state index is 11.9. The van der Waals surface area contributed by atoms with Gasteiger partial charge < -0.3 is 17.8 Å². The minimum absolute atomic E-state index is 0.202. The van der Waals surface area contributed by atoms with Crippen LogP contribution in [0, 0.1) is 5.92 Å². The van der Waals surface area contributed by atoms with Gasteiger partial charge in [-0.2, -0.15) is 0 Å².